The van der Waals surface area contributed by atoms with E-state index in [1.165, 1.54) is 44.9 Å². The zero-order valence-corrected chi connectivity index (χ0v) is 35.6. The van der Waals surface area contributed by atoms with Gasteiger partial charge in [0.15, 0.2) is 6.10 Å². The number of hydrogen-bond donors (Lipinski definition) is 1. The molecule has 0 aliphatic heterocycles. The second kappa shape index (κ2) is 36.1. The maximum Gasteiger partial charge on any atom is 0.472 e. The second-order valence-electron chi connectivity index (χ2n) is 14.7. The largest absolute Gasteiger partial charge is 0.472 e. The molecule has 0 fully saturated rings. The van der Waals surface area contributed by atoms with E-state index in [4.69, 9.17) is 18.5 Å². The number of quaternary nitrogens is 1. The third kappa shape index (κ3) is 39.2. The molecule has 0 saturated heterocycles. The van der Waals surface area contributed by atoms with Crippen molar-refractivity contribution in [2.75, 3.05) is 47.5 Å². The van der Waals surface area contributed by atoms with E-state index < -0.39 is 32.5 Å². The number of rotatable bonds is 36. The summed E-state index contributed by atoms with van der Waals surface area (Å²) in [6.45, 7) is 4.17. The number of phosphoric ester groups is 1. The highest BCUT2D eigenvalue weighted by atomic mass is 31.2. The van der Waals surface area contributed by atoms with Gasteiger partial charge in [0.25, 0.3) is 0 Å². The lowest BCUT2D eigenvalue weighted by atomic mass is 10.1. The average Bonchev–Trinajstić information content (AvgIpc) is 3.12. The van der Waals surface area contributed by atoms with E-state index in [0.29, 0.717) is 17.4 Å². The average molecular weight is 779 g/mol. The van der Waals surface area contributed by atoms with Gasteiger partial charge in [-0.15, -0.1) is 0 Å². The summed E-state index contributed by atoms with van der Waals surface area (Å²) < 4.78 is 34.2. The molecule has 2 atom stereocenters. The third-order valence-electron chi connectivity index (χ3n) is 8.32. The molecule has 0 radical (unpaired) electrons. The number of esters is 2. The SMILES string of the molecule is CC/C=C/C=C/C=C/C=C/CCCCCC(=O)OC(COC(=O)CCCCCCCCC/C=C/C/C=C/CCCCC)COP(=O)(O)OCC[N+](C)(C)C. The van der Waals surface area contributed by atoms with Crippen molar-refractivity contribution in [3.05, 3.63) is 72.9 Å². The molecule has 0 aromatic rings. The molecule has 0 aliphatic carbocycles. The van der Waals surface area contributed by atoms with Crippen molar-refractivity contribution in [3.63, 3.8) is 0 Å². The van der Waals surface area contributed by atoms with Crippen molar-refractivity contribution in [1.82, 2.24) is 0 Å². The second-order valence-corrected chi connectivity index (χ2v) is 16.2. The summed E-state index contributed by atoms with van der Waals surface area (Å²) in [5, 5.41) is 0. The maximum absolute atomic E-state index is 12.6. The van der Waals surface area contributed by atoms with Gasteiger partial charge in [-0.2, -0.15) is 0 Å². The van der Waals surface area contributed by atoms with Crippen molar-refractivity contribution in [2.45, 2.75) is 148 Å². The standard InChI is InChI=1S/C44H76NO8P/c1-6-8-10-12-14-16-18-20-21-22-23-25-26-28-30-32-34-36-43(46)50-40-42(41-52-54(48,49)51-39-38-45(3,4)5)53-44(47)37-35-33-31-29-27-24-19-17-15-13-11-9-7-2/h9,11,13-17,19-21,24,27,42H,6-8,10,12,18,22-23,25-26,28-41H2,1-5H3/p+1/b11-9+,15-13+,16-14+,19-17+,21-20+,27-24+. The summed E-state index contributed by atoms with van der Waals surface area (Å²) in [5.41, 5.74) is 0. The molecule has 0 aromatic heterocycles. The zero-order chi connectivity index (χ0) is 40.0. The predicted molar refractivity (Wildman–Crippen MR) is 224 cm³/mol. The van der Waals surface area contributed by atoms with E-state index in [0.717, 1.165) is 64.2 Å². The van der Waals surface area contributed by atoms with Crippen molar-refractivity contribution >= 4 is 19.8 Å². The van der Waals surface area contributed by atoms with Crippen LogP contribution in [0.25, 0.3) is 0 Å². The van der Waals surface area contributed by atoms with E-state index in [9.17, 15) is 19.0 Å². The van der Waals surface area contributed by atoms with Crippen LogP contribution in [-0.2, 0) is 32.7 Å². The molecular formula is C44H77NO8P+. The van der Waals surface area contributed by atoms with Gasteiger partial charge < -0.3 is 18.9 Å². The molecule has 0 rings (SSSR count). The topological polar surface area (TPSA) is 108 Å². The molecule has 0 spiro atoms. The zero-order valence-electron chi connectivity index (χ0n) is 34.7. The first-order valence-corrected chi connectivity index (χ1v) is 22.2. The van der Waals surface area contributed by atoms with Crippen LogP contribution in [0.1, 0.15) is 142 Å². The molecule has 2 unspecified atom stereocenters. The summed E-state index contributed by atoms with van der Waals surface area (Å²) in [6, 6.07) is 0. The molecule has 1 N–H and O–H groups in total. The number of phosphoric acid groups is 1. The fourth-order valence-corrected chi connectivity index (χ4v) is 5.79. The monoisotopic (exact) mass is 779 g/mol. The summed E-state index contributed by atoms with van der Waals surface area (Å²) in [7, 11) is 1.43. The van der Waals surface area contributed by atoms with Crippen LogP contribution in [-0.4, -0.2) is 74.9 Å². The van der Waals surface area contributed by atoms with Gasteiger partial charge in [0.05, 0.1) is 27.7 Å². The van der Waals surface area contributed by atoms with Gasteiger partial charge in [0, 0.05) is 12.8 Å². The van der Waals surface area contributed by atoms with Gasteiger partial charge in [-0.3, -0.25) is 18.6 Å². The van der Waals surface area contributed by atoms with Gasteiger partial charge >= 0.3 is 19.8 Å². The lowest BCUT2D eigenvalue weighted by Gasteiger charge is -2.24. The van der Waals surface area contributed by atoms with Gasteiger partial charge in [-0.1, -0.05) is 138 Å². The maximum atomic E-state index is 12.6. The fraction of sp³-hybridized carbons (Fsp3) is 0.682. The minimum absolute atomic E-state index is 0.0184. The Balaban J connectivity index is 4.46. The highest BCUT2D eigenvalue weighted by Crippen LogP contribution is 2.43. The molecule has 0 heterocycles. The highest BCUT2D eigenvalue weighted by Gasteiger charge is 2.27. The van der Waals surface area contributed by atoms with Crippen LogP contribution < -0.4 is 0 Å². The smallest absolute Gasteiger partial charge is 0.462 e. The number of carbonyl (C=O) groups is 2. The molecule has 0 bridgehead atoms. The third-order valence-corrected chi connectivity index (χ3v) is 9.30. The van der Waals surface area contributed by atoms with E-state index in [1.807, 2.05) is 57.6 Å². The molecule has 0 saturated carbocycles. The predicted octanol–water partition coefficient (Wildman–Crippen LogP) is 11.5. The van der Waals surface area contributed by atoms with E-state index in [-0.39, 0.29) is 26.1 Å². The molecule has 0 amide bonds. The van der Waals surface area contributed by atoms with Crippen molar-refractivity contribution < 1.29 is 42.1 Å². The number of allylic oxidation sites excluding steroid dienone is 12. The number of ether oxygens (including phenoxy) is 2. The Morgan fingerprint density at radius 3 is 1.74 bits per heavy atom. The molecule has 54 heavy (non-hydrogen) atoms. The quantitative estimate of drug-likeness (QED) is 0.0167. The molecule has 10 heteroatoms. The summed E-state index contributed by atoms with van der Waals surface area (Å²) >= 11 is 0. The number of likely N-dealkylation sites (N-methyl/N-ethyl adjacent to an activating group) is 1. The van der Waals surface area contributed by atoms with Crippen LogP contribution in [0.3, 0.4) is 0 Å². The Labute approximate surface area is 329 Å². The molecular weight excluding hydrogens is 701 g/mol. The Morgan fingerprint density at radius 1 is 0.611 bits per heavy atom. The summed E-state index contributed by atoms with van der Waals surface area (Å²) in [5.74, 6) is -0.862. The van der Waals surface area contributed by atoms with Crippen molar-refractivity contribution in [1.29, 1.82) is 0 Å². The Kier molecular flexibility index (Phi) is 34.4. The van der Waals surface area contributed by atoms with E-state index in [1.54, 1.807) is 0 Å². The lowest BCUT2D eigenvalue weighted by Crippen LogP contribution is -2.37. The van der Waals surface area contributed by atoms with Gasteiger partial charge in [-0.05, 0) is 64.2 Å². The summed E-state index contributed by atoms with van der Waals surface area (Å²) in [6.07, 6.45) is 43.8. The minimum Gasteiger partial charge on any atom is -0.462 e. The first-order chi connectivity index (χ1) is 26.0. The van der Waals surface area contributed by atoms with Crippen LogP contribution in [0.4, 0.5) is 0 Å². The fourth-order valence-electron chi connectivity index (χ4n) is 5.05. The normalized spacial score (nSPS) is 14.4. The molecule has 0 aromatic carbocycles. The number of carbonyl (C=O) groups excluding carboxylic acids is 2. The summed E-state index contributed by atoms with van der Waals surface area (Å²) in [4.78, 5) is 35.3. The van der Waals surface area contributed by atoms with Crippen molar-refractivity contribution in [2.24, 2.45) is 0 Å². The number of nitrogens with zero attached hydrogens (tertiary/aromatic N) is 1. The first kappa shape index (κ1) is 51.5. The first-order valence-electron chi connectivity index (χ1n) is 20.7. The van der Waals surface area contributed by atoms with E-state index >= 15 is 0 Å². The van der Waals surface area contributed by atoms with Gasteiger partial charge in [0.2, 0.25) is 0 Å². The van der Waals surface area contributed by atoms with Crippen molar-refractivity contribution in [3.8, 4) is 0 Å². The number of unbranched alkanes of at least 4 members (excludes halogenated alkanes) is 13. The molecule has 0 aliphatic rings. The molecule has 310 valence electrons. The lowest BCUT2D eigenvalue weighted by molar-refractivity contribution is -0.870. The Hall–Kier alpha value is -2.55. The van der Waals surface area contributed by atoms with Crippen LogP contribution in [0.15, 0.2) is 72.9 Å². The minimum atomic E-state index is -4.39. The van der Waals surface area contributed by atoms with Crippen LogP contribution >= 0.6 is 7.82 Å². The highest BCUT2D eigenvalue weighted by molar-refractivity contribution is 7.47. The van der Waals surface area contributed by atoms with Crippen LogP contribution in [0, 0.1) is 0 Å². The van der Waals surface area contributed by atoms with Gasteiger partial charge in [-0.25, -0.2) is 4.57 Å². The number of hydrogen-bond acceptors (Lipinski definition) is 7. The van der Waals surface area contributed by atoms with E-state index in [2.05, 4.69) is 50.3 Å². The van der Waals surface area contributed by atoms with Crippen LogP contribution in [0.2, 0.25) is 0 Å². The Bertz CT molecular complexity index is 1150. The van der Waals surface area contributed by atoms with Gasteiger partial charge in [0.1, 0.15) is 19.8 Å². The van der Waals surface area contributed by atoms with Crippen LogP contribution in [0.5, 0.6) is 0 Å². The molecule has 9 nitrogen and oxygen atoms in total. The Morgan fingerprint density at radius 2 is 1.13 bits per heavy atom.